The summed E-state index contributed by atoms with van der Waals surface area (Å²) in [6, 6.07) is 14.0. The van der Waals surface area contributed by atoms with Crippen molar-refractivity contribution >= 4 is 11.7 Å². The van der Waals surface area contributed by atoms with Crippen molar-refractivity contribution in [1.82, 2.24) is 9.97 Å². The Hall–Kier alpha value is -3.41. The fourth-order valence-corrected chi connectivity index (χ4v) is 4.55. The molecule has 1 aliphatic rings. The first-order chi connectivity index (χ1) is 17.2. The molecule has 0 radical (unpaired) electrons. The van der Waals surface area contributed by atoms with Gasteiger partial charge in [0.2, 0.25) is 0 Å². The lowest BCUT2D eigenvalue weighted by Gasteiger charge is -2.40. The van der Waals surface area contributed by atoms with E-state index in [2.05, 4.69) is 23.7 Å². The van der Waals surface area contributed by atoms with Crippen LogP contribution in [0.5, 0.6) is 5.75 Å². The average Bonchev–Trinajstić information content (AvgIpc) is 2.85. The lowest BCUT2D eigenvalue weighted by Crippen LogP contribution is -2.38. The van der Waals surface area contributed by atoms with E-state index in [9.17, 15) is 4.79 Å². The van der Waals surface area contributed by atoms with Crippen LogP contribution in [0.25, 0.3) is 11.3 Å². The first-order valence-corrected chi connectivity index (χ1v) is 12.8. The van der Waals surface area contributed by atoms with Crippen molar-refractivity contribution in [3.8, 4) is 17.0 Å². The van der Waals surface area contributed by atoms with Crippen molar-refractivity contribution < 1.29 is 14.3 Å². The van der Waals surface area contributed by atoms with E-state index in [1.54, 1.807) is 6.20 Å². The minimum absolute atomic E-state index is 0.154. The number of hydrogen-bond donors (Lipinski definition) is 0. The Morgan fingerprint density at radius 2 is 1.75 bits per heavy atom. The molecule has 3 heterocycles. The van der Waals surface area contributed by atoms with Crippen molar-refractivity contribution in [1.29, 1.82) is 0 Å². The molecule has 3 aromatic rings. The molecule has 1 aromatic carbocycles. The van der Waals surface area contributed by atoms with Gasteiger partial charge in [-0.05, 0) is 56.7 Å². The van der Waals surface area contributed by atoms with E-state index >= 15 is 0 Å². The quantitative estimate of drug-likeness (QED) is 0.355. The fraction of sp³-hybridized carbons (Fsp3) is 0.433. The molecular formula is C30H37N3O3. The highest BCUT2D eigenvalue weighted by Gasteiger charge is 2.29. The number of pyridine rings is 2. The SMILES string of the molecule is Cc1ncc(-c2ccc(OCc3ccccc3)cn2)c(N2CCC(C)(C)CC2)c1CC(=O)OC(C)C. The second-order valence-corrected chi connectivity index (χ2v) is 10.6. The first kappa shape index (κ1) is 25.7. The van der Waals surface area contributed by atoms with Gasteiger partial charge in [-0.25, -0.2) is 0 Å². The van der Waals surface area contributed by atoms with Crippen molar-refractivity contribution in [2.75, 3.05) is 18.0 Å². The molecule has 0 unspecified atom stereocenters. The Balaban J connectivity index is 1.65. The molecule has 1 saturated heterocycles. The number of rotatable bonds is 8. The average molecular weight is 488 g/mol. The Morgan fingerprint density at radius 3 is 2.39 bits per heavy atom. The maximum atomic E-state index is 12.7. The molecular weight excluding hydrogens is 450 g/mol. The lowest BCUT2D eigenvalue weighted by atomic mass is 9.82. The third-order valence-corrected chi connectivity index (χ3v) is 6.75. The number of aryl methyl sites for hydroxylation is 1. The molecule has 0 N–H and O–H groups in total. The number of benzene rings is 1. The van der Waals surface area contributed by atoms with Gasteiger partial charge in [0.25, 0.3) is 0 Å². The molecule has 1 aliphatic heterocycles. The van der Waals surface area contributed by atoms with E-state index in [1.165, 1.54) is 0 Å². The standard InChI is InChI=1S/C30H37N3O3/c1-21(2)36-28(34)17-25-22(3)31-19-26(29(25)33-15-13-30(4,5)14-16-33)27-12-11-24(18-32-27)35-20-23-9-7-6-8-10-23/h6-12,18-19,21H,13-17,20H2,1-5H3. The summed E-state index contributed by atoms with van der Waals surface area (Å²) >= 11 is 0. The van der Waals surface area contributed by atoms with Gasteiger partial charge in [0, 0.05) is 36.1 Å². The summed E-state index contributed by atoms with van der Waals surface area (Å²) in [5.74, 6) is 0.480. The van der Waals surface area contributed by atoms with E-state index in [1.807, 2.05) is 69.4 Å². The molecule has 0 aliphatic carbocycles. The van der Waals surface area contributed by atoms with Crippen molar-refractivity contribution in [3.05, 3.63) is 71.7 Å². The summed E-state index contributed by atoms with van der Waals surface area (Å²) in [4.78, 5) is 24.5. The maximum absolute atomic E-state index is 12.7. The number of piperidine rings is 1. The highest BCUT2D eigenvalue weighted by molar-refractivity contribution is 5.84. The highest BCUT2D eigenvalue weighted by Crippen LogP contribution is 2.39. The van der Waals surface area contributed by atoms with Gasteiger partial charge < -0.3 is 14.4 Å². The molecule has 4 rings (SSSR count). The minimum atomic E-state index is -0.233. The van der Waals surface area contributed by atoms with Gasteiger partial charge >= 0.3 is 5.97 Å². The topological polar surface area (TPSA) is 64.6 Å². The Bertz CT molecular complexity index is 1160. The van der Waals surface area contributed by atoms with Gasteiger partial charge in [-0.2, -0.15) is 0 Å². The van der Waals surface area contributed by atoms with E-state index < -0.39 is 0 Å². The predicted octanol–water partition coefficient (Wildman–Crippen LogP) is 6.15. The number of aromatic nitrogens is 2. The third kappa shape index (κ3) is 6.42. The molecule has 0 bridgehead atoms. The van der Waals surface area contributed by atoms with E-state index in [-0.39, 0.29) is 18.5 Å². The zero-order valence-corrected chi connectivity index (χ0v) is 22.1. The highest BCUT2D eigenvalue weighted by atomic mass is 16.5. The van der Waals surface area contributed by atoms with E-state index in [0.717, 1.165) is 59.7 Å². The smallest absolute Gasteiger partial charge is 0.310 e. The minimum Gasteiger partial charge on any atom is -0.487 e. The second-order valence-electron chi connectivity index (χ2n) is 10.6. The number of ether oxygens (including phenoxy) is 2. The normalized spacial score (nSPS) is 15.1. The van der Waals surface area contributed by atoms with Crippen molar-refractivity contribution in [2.45, 2.75) is 66.6 Å². The largest absolute Gasteiger partial charge is 0.487 e. The molecule has 0 atom stereocenters. The van der Waals surface area contributed by atoms with Crippen LogP contribution in [-0.2, 0) is 22.6 Å². The first-order valence-electron chi connectivity index (χ1n) is 12.8. The number of nitrogens with zero attached hydrogens (tertiary/aromatic N) is 3. The number of anilines is 1. The van der Waals surface area contributed by atoms with Crippen LogP contribution in [0.15, 0.2) is 54.9 Å². The lowest BCUT2D eigenvalue weighted by molar-refractivity contribution is -0.146. The second kappa shape index (κ2) is 11.1. The van der Waals surface area contributed by atoms with Gasteiger partial charge in [-0.15, -0.1) is 0 Å². The van der Waals surface area contributed by atoms with Crippen LogP contribution in [0.1, 0.15) is 57.4 Å². The Kier molecular flexibility index (Phi) is 7.92. The van der Waals surface area contributed by atoms with Crippen LogP contribution in [0, 0.1) is 12.3 Å². The van der Waals surface area contributed by atoms with Gasteiger partial charge in [0.05, 0.1) is 30.1 Å². The van der Waals surface area contributed by atoms with Crippen LogP contribution in [0.3, 0.4) is 0 Å². The molecule has 0 amide bonds. The van der Waals surface area contributed by atoms with Crippen molar-refractivity contribution in [2.24, 2.45) is 5.41 Å². The maximum Gasteiger partial charge on any atom is 0.310 e. The molecule has 1 fully saturated rings. The van der Waals surface area contributed by atoms with E-state index in [0.29, 0.717) is 17.8 Å². The molecule has 6 nitrogen and oxygen atoms in total. The third-order valence-electron chi connectivity index (χ3n) is 6.75. The molecule has 6 heteroatoms. The number of carbonyl (C=O) groups is 1. The summed E-state index contributed by atoms with van der Waals surface area (Å²) < 4.78 is 11.4. The van der Waals surface area contributed by atoms with Crippen LogP contribution in [-0.4, -0.2) is 35.1 Å². The summed E-state index contributed by atoms with van der Waals surface area (Å²) in [6.07, 6.45) is 5.85. The monoisotopic (exact) mass is 487 g/mol. The van der Waals surface area contributed by atoms with Crippen LogP contribution >= 0.6 is 0 Å². The van der Waals surface area contributed by atoms with Gasteiger partial charge in [0.1, 0.15) is 12.4 Å². The molecule has 190 valence electrons. The van der Waals surface area contributed by atoms with Gasteiger partial charge in [0.15, 0.2) is 0 Å². The predicted molar refractivity (Wildman–Crippen MR) is 143 cm³/mol. The van der Waals surface area contributed by atoms with Crippen LogP contribution < -0.4 is 9.64 Å². The summed E-state index contributed by atoms with van der Waals surface area (Å²) in [6.45, 7) is 12.7. The molecule has 0 saturated carbocycles. The van der Waals surface area contributed by atoms with Gasteiger partial charge in [-0.1, -0.05) is 44.2 Å². The van der Waals surface area contributed by atoms with Crippen molar-refractivity contribution in [3.63, 3.8) is 0 Å². The molecule has 2 aromatic heterocycles. The summed E-state index contributed by atoms with van der Waals surface area (Å²) in [7, 11) is 0. The Morgan fingerprint density at radius 1 is 1.03 bits per heavy atom. The van der Waals surface area contributed by atoms with Crippen LogP contribution in [0.4, 0.5) is 5.69 Å². The van der Waals surface area contributed by atoms with E-state index in [4.69, 9.17) is 14.5 Å². The zero-order valence-electron chi connectivity index (χ0n) is 22.1. The molecule has 36 heavy (non-hydrogen) atoms. The van der Waals surface area contributed by atoms with Crippen LogP contribution in [0.2, 0.25) is 0 Å². The van der Waals surface area contributed by atoms with Gasteiger partial charge in [-0.3, -0.25) is 14.8 Å². The fourth-order valence-electron chi connectivity index (χ4n) is 4.55. The number of esters is 1. The summed E-state index contributed by atoms with van der Waals surface area (Å²) in [5.41, 5.74) is 5.98. The number of carbonyl (C=O) groups excluding carboxylic acids is 1. The number of hydrogen-bond acceptors (Lipinski definition) is 6. The Labute approximate surface area is 214 Å². The summed E-state index contributed by atoms with van der Waals surface area (Å²) in [5, 5.41) is 0. The zero-order chi connectivity index (χ0) is 25.7. The molecule has 0 spiro atoms.